The van der Waals surface area contributed by atoms with E-state index in [1.54, 1.807) is 31.0 Å². The summed E-state index contributed by atoms with van der Waals surface area (Å²) in [5.74, 6) is -0.385. The van der Waals surface area contributed by atoms with Crippen molar-refractivity contribution >= 4 is 16.8 Å². The average molecular weight is 260 g/mol. The van der Waals surface area contributed by atoms with E-state index < -0.39 is 0 Å². The first-order valence-corrected chi connectivity index (χ1v) is 6.24. The molecule has 0 fully saturated rings. The summed E-state index contributed by atoms with van der Waals surface area (Å²) in [6, 6.07) is 6.29. The van der Waals surface area contributed by atoms with E-state index in [9.17, 15) is 9.18 Å². The summed E-state index contributed by atoms with van der Waals surface area (Å²) in [5.41, 5.74) is 1.76. The molecule has 2 aromatic rings. The Hall–Kier alpha value is -1.97. The SMILES string of the molecule is Cc1nc2cc(F)ccc2cc1C(=O)N(C)C(C)C. The Morgan fingerprint density at radius 1 is 1.32 bits per heavy atom. The molecule has 0 N–H and O–H groups in total. The third kappa shape index (κ3) is 2.57. The molecule has 0 unspecified atom stereocenters. The van der Waals surface area contributed by atoms with Crippen molar-refractivity contribution in [1.29, 1.82) is 0 Å². The molecule has 100 valence electrons. The molecule has 0 radical (unpaired) electrons. The fourth-order valence-electron chi connectivity index (χ4n) is 1.88. The van der Waals surface area contributed by atoms with Crippen molar-refractivity contribution in [3.8, 4) is 0 Å². The first kappa shape index (κ1) is 13.5. The van der Waals surface area contributed by atoms with E-state index in [4.69, 9.17) is 0 Å². The average Bonchev–Trinajstić information content (AvgIpc) is 2.36. The lowest BCUT2D eigenvalue weighted by Crippen LogP contribution is -2.33. The number of rotatable bonds is 2. The monoisotopic (exact) mass is 260 g/mol. The van der Waals surface area contributed by atoms with Crippen LogP contribution >= 0.6 is 0 Å². The van der Waals surface area contributed by atoms with Gasteiger partial charge in [0.2, 0.25) is 0 Å². The van der Waals surface area contributed by atoms with E-state index in [0.717, 1.165) is 5.39 Å². The van der Waals surface area contributed by atoms with Gasteiger partial charge in [-0.3, -0.25) is 9.78 Å². The van der Waals surface area contributed by atoms with Crippen LogP contribution in [0, 0.1) is 12.7 Å². The summed E-state index contributed by atoms with van der Waals surface area (Å²) in [4.78, 5) is 18.3. The zero-order chi connectivity index (χ0) is 14.2. The molecular weight excluding hydrogens is 243 g/mol. The van der Waals surface area contributed by atoms with E-state index in [1.807, 2.05) is 13.8 Å². The number of nitrogens with zero attached hydrogens (tertiary/aromatic N) is 2. The van der Waals surface area contributed by atoms with Gasteiger partial charge in [-0.15, -0.1) is 0 Å². The maximum absolute atomic E-state index is 13.1. The molecule has 0 atom stereocenters. The number of pyridine rings is 1. The highest BCUT2D eigenvalue weighted by molar-refractivity contribution is 5.98. The zero-order valence-electron chi connectivity index (χ0n) is 11.6. The topological polar surface area (TPSA) is 33.2 Å². The van der Waals surface area contributed by atoms with Crippen molar-refractivity contribution in [2.75, 3.05) is 7.05 Å². The molecule has 0 aliphatic carbocycles. The van der Waals surface area contributed by atoms with Gasteiger partial charge in [-0.05, 0) is 39.0 Å². The molecule has 2 rings (SSSR count). The second kappa shape index (κ2) is 4.96. The van der Waals surface area contributed by atoms with E-state index in [1.165, 1.54) is 12.1 Å². The standard InChI is InChI=1S/C15H17FN2O/c1-9(2)18(4)15(19)13-7-11-5-6-12(16)8-14(11)17-10(13)3/h5-9H,1-4H3. The lowest BCUT2D eigenvalue weighted by atomic mass is 10.1. The number of aromatic nitrogens is 1. The number of fused-ring (bicyclic) bond motifs is 1. The quantitative estimate of drug-likeness (QED) is 0.831. The molecule has 1 amide bonds. The van der Waals surface area contributed by atoms with Gasteiger partial charge < -0.3 is 4.90 Å². The number of carbonyl (C=O) groups excluding carboxylic acids is 1. The predicted molar refractivity (Wildman–Crippen MR) is 73.7 cm³/mol. The predicted octanol–water partition coefficient (Wildman–Crippen LogP) is 3.16. The minimum absolute atomic E-state index is 0.0637. The lowest BCUT2D eigenvalue weighted by Gasteiger charge is -2.22. The minimum Gasteiger partial charge on any atom is -0.339 e. The van der Waals surface area contributed by atoms with Gasteiger partial charge in [-0.25, -0.2) is 4.39 Å². The summed E-state index contributed by atoms with van der Waals surface area (Å²) in [6.07, 6.45) is 0. The number of aryl methyl sites for hydroxylation is 1. The molecule has 3 nitrogen and oxygen atoms in total. The van der Waals surface area contributed by atoms with Crippen LogP contribution in [-0.2, 0) is 0 Å². The lowest BCUT2D eigenvalue weighted by molar-refractivity contribution is 0.0754. The maximum Gasteiger partial charge on any atom is 0.255 e. The summed E-state index contributed by atoms with van der Waals surface area (Å²) in [5, 5.41) is 0.771. The summed E-state index contributed by atoms with van der Waals surface area (Å²) in [6.45, 7) is 5.68. The molecule has 0 bridgehead atoms. The molecule has 4 heteroatoms. The van der Waals surface area contributed by atoms with E-state index >= 15 is 0 Å². The van der Waals surface area contributed by atoms with Gasteiger partial charge in [-0.2, -0.15) is 0 Å². The Kier molecular flexibility index (Phi) is 3.51. The molecule has 0 aliphatic heterocycles. The minimum atomic E-state index is -0.322. The second-order valence-corrected chi connectivity index (χ2v) is 4.97. The van der Waals surface area contributed by atoms with E-state index in [2.05, 4.69) is 4.98 Å². The largest absolute Gasteiger partial charge is 0.339 e. The fraction of sp³-hybridized carbons (Fsp3) is 0.333. The second-order valence-electron chi connectivity index (χ2n) is 4.97. The highest BCUT2D eigenvalue weighted by Gasteiger charge is 2.17. The van der Waals surface area contributed by atoms with Crippen molar-refractivity contribution in [3.05, 3.63) is 41.3 Å². The Morgan fingerprint density at radius 2 is 2.00 bits per heavy atom. The molecular formula is C15H17FN2O. The van der Waals surface area contributed by atoms with Crippen molar-refractivity contribution in [3.63, 3.8) is 0 Å². The van der Waals surface area contributed by atoms with Gasteiger partial charge in [0.1, 0.15) is 5.82 Å². The van der Waals surface area contributed by atoms with Gasteiger partial charge in [-0.1, -0.05) is 0 Å². The van der Waals surface area contributed by atoms with Crippen molar-refractivity contribution < 1.29 is 9.18 Å². The Morgan fingerprint density at radius 3 is 2.63 bits per heavy atom. The number of halogens is 1. The number of carbonyl (C=O) groups is 1. The van der Waals surface area contributed by atoms with Crippen molar-refractivity contribution in [2.45, 2.75) is 26.8 Å². The van der Waals surface area contributed by atoms with Crippen molar-refractivity contribution in [2.24, 2.45) is 0 Å². The van der Waals surface area contributed by atoms with Crippen LogP contribution in [0.25, 0.3) is 10.9 Å². The van der Waals surface area contributed by atoms with Gasteiger partial charge >= 0.3 is 0 Å². The Bertz CT molecular complexity index is 637. The third-order valence-corrected chi connectivity index (χ3v) is 3.30. The molecule has 1 aromatic heterocycles. The molecule has 1 aromatic carbocycles. The van der Waals surface area contributed by atoms with Crippen molar-refractivity contribution in [1.82, 2.24) is 9.88 Å². The van der Waals surface area contributed by atoms with Gasteiger partial charge in [0.15, 0.2) is 0 Å². The van der Waals surface area contributed by atoms with Crippen LogP contribution in [0.4, 0.5) is 4.39 Å². The number of hydrogen-bond acceptors (Lipinski definition) is 2. The molecule has 0 spiro atoms. The molecule has 0 saturated carbocycles. The number of hydrogen-bond donors (Lipinski definition) is 0. The third-order valence-electron chi connectivity index (χ3n) is 3.30. The van der Waals surface area contributed by atoms with Crippen LogP contribution in [0.15, 0.2) is 24.3 Å². The highest BCUT2D eigenvalue weighted by Crippen LogP contribution is 2.19. The summed E-state index contributed by atoms with van der Waals surface area (Å²) < 4.78 is 13.1. The molecule has 0 aliphatic rings. The van der Waals surface area contributed by atoms with Gasteiger partial charge in [0.05, 0.1) is 16.8 Å². The van der Waals surface area contributed by atoms with Gasteiger partial charge in [0.25, 0.3) is 5.91 Å². The number of benzene rings is 1. The smallest absolute Gasteiger partial charge is 0.255 e. The van der Waals surface area contributed by atoms with E-state index in [-0.39, 0.29) is 17.8 Å². The van der Waals surface area contributed by atoms with Crippen LogP contribution < -0.4 is 0 Å². The van der Waals surface area contributed by atoms with Crippen LogP contribution in [-0.4, -0.2) is 28.9 Å². The fourth-order valence-corrected chi connectivity index (χ4v) is 1.88. The van der Waals surface area contributed by atoms with Crippen LogP contribution in [0.1, 0.15) is 29.9 Å². The Balaban J connectivity index is 2.53. The zero-order valence-corrected chi connectivity index (χ0v) is 11.6. The summed E-state index contributed by atoms with van der Waals surface area (Å²) >= 11 is 0. The first-order chi connectivity index (χ1) is 8.90. The van der Waals surface area contributed by atoms with Gasteiger partial charge in [0, 0.05) is 24.5 Å². The first-order valence-electron chi connectivity index (χ1n) is 6.24. The molecule has 0 saturated heterocycles. The molecule has 19 heavy (non-hydrogen) atoms. The summed E-state index contributed by atoms with van der Waals surface area (Å²) in [7, 11) is 1.77. The van der Waals surface area contributed by atoms with Crippen LogP contribution in [0.2, 0.25) is 0 Å². The highest BCUT2D eigenvalue weighted by atomic mass is 19.1. The van der Waals surface area contributed by atoms with E-state index in [0.29, 0.717) is 16.8 Å². The van der Waals surface area contributed by atoms with Crippen LogP contribution in [0.3, 0.4) is 0 Å². The normalized spacial score (nSPS) is 11.1. The Labute approximate surface area is 112 Å². The van der Waals surface area contributed by atoms with Crippen LogP contribution in [0.5, 0.6) is 0 Å². The number of amides is 1. The maximum atomic E-state index is 13.1. The molecule has 1 heterocycles.